The number of rotatable bonds is 7. The maximum atomic E-state index is 12.7. The van der Waals surface area contributed by atoms with E-state index in [1.807, 2.05) is 0 Å². The molecule has 4 nitrogen and oxygen atoms in total. The Kier molecular flexibility index (Phi) is 6.83. The highest BCUT2D eigenvalue weighted by Gasteiger charge is 2.37. The summed E-state index contributed by atoms with van der Waals surface area (Å²) in [5.41, 5.74) is -3.87. The number of alkyl halides is 6. The summed E-state index contributed by atoms with van der Waals surface area (Å²) in [6.45, 7) is 0.00997. The van der Waals surface area contributed by atoms with E-state index in [0.717, 1.165) is 0 Å². The van der Waals surface area contributed by atoms with Crippen molar-refractivity contribution in [2.24, 2.45) is 0 Å². The van der Waals surface area contributed by atoms with Crippen LogP contribution in [0, 0.1) is 0 Å². The van der Waals surface area contributed by atoms with E-state index in [9.17, 15) is 35.9 Å². The van der Waals surface area contributed by atoms with E-state index in [0.29, 0.717) is 31.4 Å². The van der Waals surface area contributed by atoms with Gasteiger partial charge in [-0.25, -0.2) is 0 Å². The van der Waals surface area contributed by atoms with E-state index < -0.39 is 40.9 Å². The summed E-state index contributed by atoms with van der Waals surface area (Å²) in [7, 11) is 0. The molecule has 10 heteroatoms. The summed E-state index contributed by atoms with van der Waals surface area (Å²) in [5, 5.41) is 10.7. The van der Waals surface area contributed by atoms with Gasteiger partial charge in [-0.3, -0.25) is 9.59 Å². The minimum Gasteiger partial charge on any atom is -0.481 e. The van der Waals surface area contributed by atoms with Gasteiger partial charge in [0.25, 0.3) is 5.91 Å². The summed E-state index contributed by atoms with van der Waals surface area (Å²) in [6, 6.07) is 0.659. The van der Waals surface area contributed by atoms with Crippen molar-refractivity contribution in [3.63, 3.8) is 0 Å². The van der Waals surface area contributed by atoms with Crippen molar-refractivity contribution >= 4 is 11.9 Å². The Morgan fingerprint density at radius 3 is 1.84 bits per heavy atom. The molecule has 0 saturated heterocycles. The first-order valence-electron chi connectivity index (χ1n) is 7.20. The number of carboxylic acids is 1. The van der Waals surface area contributed by atoms with Crippen molar-refractivity contribution in [1.82, 2.24) is 5.32 Å². The highest BCUT2D eigenvalue weighted by Crippen LogP contribution is 2.36. The van der Waals surface area contributed by atoms with Crippen molar-refractivity contribution in [1.29, 1.82) is 0 Å². The third-order valence-electron chi connectivity index (χ3n) is 3.20. The molecular weight excluding hydrogens is 356 g/mol. The molecule has 140 valence electrons. The smallest absolute Gasteiger partial charge is 0.416 e. The van der Waals surface area contributed by atoms with E-state index >= 15 is 0 Å². The lowest BCUT2D eigenvalue weighted by Gasteiger charge is -2.14. The molecule has 0 aliphatic rings. The number of halogens is 6. The number of hydrogen-bond donors (Lipinski definition) is 2. The minimum atomic E-state index is -5.02. The number of carbonyl (C=O) groups excluding carboxylic acids is 1. The second-order valence-electron chi connectivity index (χ2n) is 5.25. The summed E-state index contributed by atoms with van der Waals surface area (Å²) in [4.78, 5) is 22.1. The molecule has 0 radical (unpaired) electrons. The lowest BCUT2D eigenvalue weighted by Crippen LogP contribution is -2.25. The molecule has 0 aromatic heterocycles. The van der Waals surface area contributed by atoms with Gasteiger partial charge in [-0.1, -0.05) is 6.42 Å². The quantitative estimate of drug-likeness (QED) is 0.560. The zero-order valence-electron chi connectivity index (χ0n) is 12.8. The Balaban J connectivity index is 2.79. The monoisotopic (exact) mass is 371 g/mol. The molecule has 0 bridgehead atoms. The molecule has 0 heterocycles. The van der Waals surface area contributed by atoms with Gasteiger partial charge < -0.3 is 10.4 Å². The van der Waals surface area contributed by atoms with Gasteiger partial charge in [0.15, 0.2) is 0 Å². The molecule has 25 heavy (non-hydrogen) atoms. The van der Waals surface area contributed by atoms with Gasteiger partial charge in [0.1, 0.15) is 0 Å². The summed E-state index contributed by atoms with van der Waals surface area (Å²) in [6.07, 6.45) is -8.95. The number of hydrogen-bond acceptors (Lipinski definition) is 2. The lowest BCUT2D eigenvalue weighted by atomic mass is 10.0. The molecule has 1 amide bonds. The number of amides is 1. The topological polar surface area (TPSA) is 66.4 Å². The fourth-order valence-corrected chi connectivity index (χ4v) is 1.97. The van der Waals surface area contributed by atoms with Crippen molar-refractivity contribution in [3.05, 3.63) is 34.9 Å². The largest absolute Gasteiger partial charge is 0.481 e. The molecule has 0 atom stereocenters. The van der Waals surface area contributed by atoms with Crippen molar-refractivity contribution in [3.8, 4) is 0 Å². The predicted octanol–water partition coefficient (Wildman–Crippen LogP) is 4.10. The third kappa shape index (κ3) is 7.02. The average Bonchev–Trinajstić information content (AvgIpc) is 2.48. The van der Waals surface area contributed by atoms with Gasteiger partial charge in [-0.2, -0.15) is 26.3 Å². The van der Waals surface area contributed by atoms with Crippen LogP contribution in [0.4, 0.5) is 26.3 Å². The Morgan fingerprint density at radius 1 is 0.880 bits per heavy atom. The number of aliphatic carboxylic acids is 1. The van der Waals surface area contributed by atoms with E-state index in [2.05, 4.69) is 5.32 Å². The highest BCUT2D eigenvalue weighted by molar-refractivity contribution is 5.94. The van der Waals surface area contributed by atoms with Crippen LogP contribution in [0.3, 0.4) is 0 Å². The molecular formula is C15H15F6NO3. The van der Waals surface area contributed by atoms with Gasteiger partial charge in [-0.15, -0.1) is 0 Å². The van der Waals surface area contributed by atoms with Crippen LogP contribution in [0.5, 0.6) is 0 Å². The van der Waals surface area contributed by atoms with Crippen molar-refractivity contribution in [2.75, 3.05) is 6.54 Å². The van der Waals surface area contributed by atoms with Gasteiger partial charge in [-0.05, 0) is 31.0 Å². The second kappa shape index (κ2) is 8.21. The molecule has 0 aliphatic heterocycles. The molecule has 1 aromatic rings. The molecule has 0 fully saturated rings. The second-order valence-corrected chi connectivity index (χ2v) is 5.25. The Bertz CT molecular complexity index is 592. The number of carboxylic acid groups (broad SMARTS) is 1. The molecule has 2 N–H and O–H groups in total. The van der Waals surface area contributed by atoms with E-state index in [4.69, 9.17) is 5.11 Å². The predicted molar refractivity (Wildman–Crippen MR) is 74.9 cm³/mol. The minimum absolute atomic E-state index is 0.00997. The van der Waals surface area contributed by atoms with Crippen LogP contribution in [0.2, 0.25) is 0 Å². The maximum Gasteiger partial charge on any atom is 0.416 e. The average molecular weight is 371 g/mol. The molecule has 0 unspecified atom stereocenters. The zero-order chi connectivity index (χ0) is 19.3. The SMILES string of the molecule is O=C(O)CCCCCNC(=O)c1cc(C(F)(F)F)cc(C(F)(F)F)c1. The van der Waals surface area contributed by atoms with E-state index in [1.54, 1.807) is 0 Å². The number of nitrogens with one attached hydrogen (secondary N) is 1. The number of unbranched alkanes of at least 4 members (excludes halogenated alkanes) is 2. The molecule has 0 saturated carbocycles. The number of carbonyl (C=O) groups is 2. The standard InChI is InChI=1S/C15H15F6NO3/c16-14(17,18)10-6-9(7-11(8-10)15(19,20)21)13(25)22-5-3-1-2-4-12(23)24/h6-8H,1-5H2,(H,22,25)(H,23,24). The van der Waals surface area contributed by atoms with Gasteiger partial charge in [0, 0.05) is 18.5 Å². The van der Waals surface area contributed by atoms with Crippen molar-refractivity contribution < 1.29 is 41.0 Å². The van der Waals surface area contributed by atoms with Crippen LogP contribution in [-0.4, -0.2) is 23.5 Å². The first kappa shape index (κ1) is 20.8. The zero-order valence-corrected chi connectivity index (χ0v) is 12.8. The number of benzene rings is 1. The first-order chi connectivity index (χ1) is 11.4. The summed E-state index contributed by atoms with van der Waals surface area (Å²) < 4.78 is 76.3. The van der Waals surface area contributed by atoms with Crippen molar-refractivity contribution in [2.45, 2.75) is 38.0 Å². The Labute approximate surface area is 138 Å². The maximum absolute atomic E-state index is 12.7. The Hall–Kier alpha value is -2.26. The lowest BCUT2D eigenvalue weighted by molar-refractivity contribution is -0.143. The first-order valence-corrected chi connectivity index (χ1v) is 7.20. The summed E-state index contributed by atoms with van der Waals surface area (Å²) in [5.74, 6) is -2.04. The molecule has 0 aliphatic carbocycles. The third-order valence-corrected chi connectivity index (χ3v) is 3.20. The van der Waals surface area contributed by atoms with Gasteiger partial charge in [0.05, 0.1) is 11.1 Å². The van der Waals surface area contributed by atoms with E-state index in [-0.39, 0.29) is 19.0 Å². The van der Waals surface area contributed by atoms with Crippen LogP contribution in [0.1, 0.15) is 47.2 Å². The summed E-state index contributed by atoms with van der Waals surface area (Å²) >= 11 is 0. The van der Waals surface area contributed by atoms with Crippen LogP contribution < -0.4 is 5.32 Å². The van der Waals surface area contributed by atoms with Gasteiger partial charge >= 0.3 is 18.3 Å². The van der Waals surface area contributed by atoms with Crippen LogP contribution >= 0.6 is 0 Å². The van der Waals surface area contributed by atoms with Gasteiger partial charge in [0.2, 0.25) is 0 Å². The van der Waals surface area contributed by atoms with E-state index in [1.165, 1.54) is 0 Å². The van der Waals surface area contributed by atoms with Crippen LogP contribution in [0.15, 0.2) is 18.2 Å². The fourth-order valence-electron chi connectivity index (χ4n) is 1.97. The fraction of sp³-hybridized carbons (Fsp3) is 0.467. The molecule has 0 spiro atoms. The normalized spacial score (nSPS) is 12.1. The molecule has 1 rings (SSSR count). The van der Waals surface area contributed by atoms with Crippen LogP contribution in [0.25, 0.3) is 0 Å². The highest BCUT2D eigenvalue weighted by atomic mass is 19.4. The van der Waals surface area contributed by atoms with Crippen LogP contribution in [-0.2, 0) is 17.1 Å². The molecule has 1 aromatic carbocycles. The Morgan fingerprint density at radius 2 is 1.40 bits per heavy atom.